The molecule has 0 radical (unpaired) electrons. The molecule has 2 N–H and O–H groups in total. The van der Waals surface area contributed by atoms with Gasteiger partial charge in [0.05, 0.1) is 14.0 Å². The molecule has 0 spiro atoms. The molecule has 0 amide bonds. The zero-order valence-corrected chi connectivity index (χ0v) is 11.9. The first-order valence-corrected chi connectivity index (χ1v) is 7.11. The van der Waals surface area contributed by atoms with Gasteiger partial charge in [-0.1, -0.05) is 37.4 Å². The number of hydrogen-bond donors (Lipinski definition) is 2. The van der Waals surface area contributed by atoms with Crippen LogP contribution in [0.5, 0.6) is 11.5 Å². The highest BCUT2D eigenvalue weighted by atomic mass is 32.2. The largest absolute Gasteiger partial charge is 0.507 e. The first-order valence-electron chi connectivity index (χ1n) is 5.48. The van der Waals surface area contributed by atoms with E-state index in [1.165, 1.54) is 6.07 Å². The van der Waals surface area contributed by atoms with Gasteiger partial charge in [-0.2, -0.15) is 10.5 Å². The zero-order valence-electron chi connectivity index (χ0n) is 10.3. The molecule has 19 heavy (non-hydrogen) atoms. The van der Waals surface area contributed by atoms with Gasteiger partial charge in [-0.25, -0.2) is 0 Å². The Balaban J connectivity index is 2.60. The second-order valence-corrected chi connectivity index (χ2v) is 6.54. The predicted molar refractivity (Wildman–Crippen MR) is 73.8 cm³/mol. The fraction of sp³-hybridized carbons (Fsp3) is 0.231. The summed E-state index contributed by atoms with van der Waals surface area (Å²) in [6.45, 7) is 3.83. The molecule has 6 heteroatoms. The highest BCUT2D eigenvalue weighted by Gasteiger charge is 2.29. The molecule has 1 heterocycles. The lowest BCUT2D eigenvalue weighted by molar-refractivity contribution is 0.427. The average molecular weight is 290 g/mol. The number of thioether (sulfide) groups is 2. The summed E-state index contributed by atoms with van der Waals surface area (Å²) in [5.74, 6) is 0.256. The van der Waals surface area contributed by atoms with Crippen LogP contribution in [0.15, 0.2) is 25.7 Å². The Kier molecular flexibility index (Phi) is 3.66. The van der Waals surface area contributed by atoms with E-state index in [1.807, 2.05) is 26.0 Å². The summed E-state index contributed by atoms with van der Waals surface area (Å²) in [5.41, 5.74) is 0.650. The summed E-state index contributed by atoms with van der Waals surface area (Å²) < 4.78 is 0.492. The van der Waals surface area contributed by atoms with E-state index < -0.39 is 0 Å². The number of nitriles is 2. The van der Waals surface area contributed by atoms with Gasteiger partial charge < -0.3 is 10.2 Å². The van der Waals surface area contributed by atoms with E-state index in [1.54, 1.807) is 0 Å². The van der Waals surface area contributed by atoms with Gasteiger partial charge >= 0.3 is 0 Å². The zero-order chi connectivity index (χ0) is 14.2. The Bertz CT molecular complexity index is 651. The molecular weight excluding hydrogens is 280 g/mol. The summed E-state index contributed by atoms with van der Waals surface area (Å²) in [6, 6.07) is 5.17. The molecular formula is C13H10N2O2S2. The molecule has 1 aliphatic rings. The normalized spacial score (nSPS) is 13.0. The van der Waals surface area contributed by atoms with Crippen molar-refractivity contribution < 1.29 is 10.2 Å². The van der Waals surface area contributed by atoms with Crippen molar-refractivity contribution in [1.29, 1.82) is 10.5 Å². The van der Waals surface area contributed by atoms with E-state index in [-0.39, 0.29) is 23.0 Å². The lowest BCUT2D eigenvalue weighted by Gasteiger charge is -2.12. The van der Waals surface area contributed by atoms with Crippen LogP contribution in [0.4, 0.5) is 0 Å². The molecule has 1 aromatic rings. The van der Waals surface area contributed by atoms with Gasteiger partial charge in [0, 0.05) is 5.56 Å². The van der Waals surface area contributed by atoms with Crippen molar-refractivity contribution in [1.82, 2.24) is 0 Å². The summed E-state index contributed by atoms with van der Waals surface area (Å²) >= 11 is 2.30. The van der Waals surface area contributed by atoms with Crippen molar-refractivity contribution in [2.75, 3.05) is 0 Å². The fourth-order valence-corrected chi connectivity index (χ4v) is 4.13. The van der Waals surface area contributed by atoms with Gasteiger partial charge in [-0.3, -0.25) is 0 Å². The van der Waals surface area contributed by atoms with Crippen LogP contribution in [0.25, 0.3) is 0 Å². The molecule has 4 nitrogen and oxygen atoms in total. The molecule has 2 rings (SSSR count). The molecule has 96 valence electrons. The van der Waals surface area contributed by atoms with Gasteiger partial charge in [0.25, 0.3) is 0 Å². The quantitative estimate of drug-likeness (QED) is 0.606. The molecule has 0 saturated carbocycles. The maximum absolute atomic E-state index is 10.2. The van der Waals surface area contributed by atoms with Crippen molar-refractivity contribution in [2.24, 2.45) is 0 Å². The molecule has 0 saturated heterocycles. The molecule has 1 aromatic carbocycles. The number of benzene rings is 1. The molecule has 0 fully saturated rings. The predicted octanol–water partition coefficient (Wildman–Crippen LogP) is 3.68. The molecule has 1 aliphatic heterocycles. The monoisotopic (exact) mass is 290 g/mol. The summed E-state index contributed by atoms with van der Waals surface area (Å²) in [5, 5.41) is 37.9. The van der Waals surface area contributed by atoms with Crippen molar-refractivity contribution >= 4 is 23.5 Å². The Morgan fingerprint density at radius 1 is 1.16 bits per heavy atom. The molecule has 0 atom stereocenters. The van der Waals surface area contributed by atoms with E-state index in [4.69, 9.17) is 10.5 Å². The number of fused-ring (bicyclic) bond motifs is 1. The Hall–Kier alpha value is -1.76. The van der Waals surface area contributed by atoms with Crippen LogP contribution in [0.3, 0.4) is 0 Å². The first-order chi connectivity index (χ1) is 8.99. The number of nitrogens with zero attached hydrogens (tertiary/aromatic N) is 2. The Labute approximate surface area is 119 Å². The summed E-state index contributed by atoms with van der Waals surface area (Å²) in [6.07, 6.45) is 0. The minimum Gasteiger partial charge on any atom is -0.507 e. The fourth-order valence-electron chi connectivity index (χ4n) is 1.69. The minimum absolute atomic E-state index is 0.00361. The number of phenolic OH excluding ortho intramolecular Hbond substituents is 2. The Morgan fingerprint density at radius 2 is 1.74 bits per heavy atom. The van der Waals surface area contributed by atoms with Gasteiger partial charge in [-0.05, 0) is 12.0 Å². The van der Waals surface area contributed by atoms with Gasteiger partial charge in [0.2, 0.25) is 0 Å². The maximum atomic E-state index is 10.2. The third-order valence-corrected chi connectivity index (χ3v) is 5.29. The number of rotatable bonds is 1. The topological polar surface area (TPSA) is 88.0 Å². The maximum Gasteiger partial charge on any atom is 0.150 e. The first kappa shape index (κ1) is 13.7. The lowest BCUT2D eigenvalue weighted by atomic mass is 10.0. The lowest BCUT2D eigenvalue weighted by Crippen LogP contribution is -1.90. The van der Waals surface area contributed by atoms with Gasteiger partial charge in [-0.15, -0.1) is 0 Å². The standard InChI is InChI=1S/C13H10N2O2S2/c1-6(2)8-3-9(16)11-12(10(8)17)19-13(18-11)7(4-14)5-15/h3,6,16-17H,1-2H3. The van der Waals surface area contributed by atoms with E-state index in [0.29, 0.717) is 19.6 Å². The van der Waals surface area contributed by atoms with E-state index in [2.05, 4.69) is 0 Å². The number of phenols is 2. The molecule has 0 bridgehead atoms. The Morgan fingerprint density at radius 3 is 2.26 bits per heavy atom. The van der Waals surface area contributed by atoms with Gasteiger partial charge in [0.15, 0.2) is 0 Å². The van der Waals surface area contributed by atoms with Crippen LogP contribution in [0, 0.1) is 22.7 Å². The van der Waals surface area contributed by atoms with Crippen LogP contribution in [0.1, 0.15) is 25.3 Å². The van der Waals surface area contributed by atoms with Crippen LogP contribution in [-0.2, 0) is 0 Å². The van der Waals surface area contributed by atoms with Crippen molar-refractivity contribution in [3.63, 3.8) is 0 Å². The SMILES string of the molecule is CC(C)c1cc(O)c2c(c1O)SC(=C(C#N)C#N)S2. The molecule has 0 aromatic heterocycles. The van der Waals surface area contributed by atoms with Crippen LogP contribution in [0.2, 0.25) is 0 Å². The number of allylic oxidation sites excluding steroid dienone is 1. The highest BCUT2D eigenvalue weighted by Crippen LogP contribution is 2.59. The third kappa shape index (κ3) is 2.25. The molecule has 0 aliphatic carbocycles. The smallest absolute Gasteiger partial charge is 0.150 e. The summed E-state index contributed by atoms with van der Waals surface area (Å²) in [7, 11) is 0. The number of aromatic hydroxyl groups is 2. The minimum atomic E-state index is -0.00361. The number of hydrogen-bond acceptors (Lipinski definition) is 6. The van der Waals surface area contributed by atoms with Crippen LogP contribution < -0.4 is 0 Å². The summed E-state index contributed by atoms with van der Waals surface area (Å²) in [4.78, 5) is 1.02. The average Bonchev–Trinajstić information content (AvgIpc) is 2.80. The van der Waals surface area contributed by atoms with Gasteiger partial charge in [0.1, 0.15) is 29.2 Å². The highest BCUT2D eigenvalue weighted by molar-refractivity contribution is 8.24. The van der Waals surface area contributed by atoms with E-state index in [9.17, 15) is 10.2 Å². The van der Waals surface area contributed by atoms with Crippen molar-refractivity contribution in [3.05, 3.63) is 21.4 Å². The van der Waals surface area contributed by atoms with Crippen molar-refractivity contribution in [2.45, 2.75) is 29.6 Å². The van der Waals surface area contributed by atoms with Crippen LogP contribution >= 0.6 is 23.5 Å². The van der Waals surface area contributed by atoms with Crippen molar-refractivity contribution in [3.8, 4) is 23.6 Å². The molecule has 0 unspecified atom stereocenters. The van der Waals surface area contributed by atoms with E-state index in [0.717, 1.165) is 23.5 Å². The van der Waals surface area contributed by atoms with Crippen LogP contribution in [-0.4, -0.2) is 10.2 Å². The van der Waals surface area contributed by atoms with E-state index >= 15 is 0 Å². The second kappa shape index (κ2) is 5.08. The third-order valence-electron chi connectivity index (χ3n) is 2.66. The second-order valence-electron chi connectivity index (χ2n) is 4.24.